The summed E-state index contributed by atoms with van der Waals surface area (Å²) in [6, 6.07) is 7.33. The summed E-state index contributed by atoms with van der Waals surface area (Å²) in [5.74, 6) is -0.800. The predicted molar refractivity (Wildman–Crippen MR) is 97.6 cm³/mol. The number of hydrogen-bond donors (Lipinski definition) is 2. The Morgan fingerprint density at radius 3 is 2.84 bits per heavy atom. The van der Waals surface area contributed by atoms with Crippen LogP contribution in [0.4, 0.5) is 0 Å². The average molecular weight is 403 g/mol. The van der Waals surface area contributed by atoms with Crippen molar-refractivity contribution in [1.29, 1.82) is 5.26 Å². The van der Waals surface area contributed by atoms with Gasteiger partial charge in [-0.15, -0.1) is 0 Å². The standard InChI is InChI=1S/C18H19BrN4O2/c1-23(10-20)18(25)13-4-2-3-5-14(13)22-17(24)16-8-11-6-7-12(19)9-15(11)21-16/h6-9,13-14,21H,2-5H2,1H3,(H,22,24)/t13-,14+/m1/s1. The molecule has 1 heterocycles. The zero-order chi connectivity index (χ0) is 18.0. The number of benzene rings is 1. The van der Waals surface area contributed by atoms with Crippen LogP contribution < -0.4 is 5.32 Å². The number of fused-ring (bicyclic) bond motifs is 1. The Balaban J connectivity index is 1.77. The average Bonchev–Trinajstić information content (AvgIpc) is 3.04. The van der Waals surface area contributed by atoms with Gasteiger partial charge in [-0.2, -0.15) is 5.26 Å². The van der Waals surface area contributed by atoms with E-state index in [0.717, 1.165) is 39.5 Å². The Morgan fingerprint density at radius 1 is 1.32 bits per heavy atom. The maximum atomic E-state index is 12.6. The number of carbonyl (C=O) groups excluding carboxylic acids is 2. The van der Waals surface area contributed by atoms with Crippen LogP contribution in [-0.2, 0) is 4.79 Å². The molecule has 1 aromatic carbocycles. The molecule has 0 spiro atoms. The molecule has 0 saturated heterocycles. The largest absolute Gasteiger partial charge is 0.350 e. The van der Waals surface area contributed by atoms with Crippen LogP contribution in [0.1, 0.15) is 36.2 Å². The van der Waals surface area contributed by atoms with Gasteiger partial charge in [0.05, 0.1) is 5.92 Å². The Kier molecular flexibility index (Phi) is 5.09. The van der Waals surface area contributed by atoms with Crippen molar-refractivity contribution in [2.75, 3.05) is 7.05 Å². The van der Waals surface area contributed by atoms with Gasteiger partial charge in [0, 0.05) is 28.5 Å². The molecule has 2 N–H and O–H groups in total. The Morgan fingerprint density at radius 2 is 2.08 bits per heavy atom. The zero-order valence-electron chi connectivity index (χ0n) is 13.9. The second-order valence-electron chi connectivity index (χ2n) is 6.38. The second kappa shape index (κ2) is 7.28. The van der Waals surface area contributed by atoms with E-state index in [0.29, 0.717) is 12.1 Å². The van der Waals surface area contributed by atoms with Crippen LogP contribution in [0.3, 0.4) is 0 Å². The molecule has 6 nitrogen and oxygen atoms in total. The fraction of sp³-hybridized carbons (Fsp3) is 0.389. The summed E-state index contributed by atoms with van der Waals surface area (Å²) < 4.78 is 0.936. The van der Waals surface area contributed by atoms with Gasteiger partial charge in [-0.3, -0.25) is 14.5 Å². The molecule has 0 radical (unpaired) electrons. The molecule has 0 aliphatic heterocycles. The van der Waals surface area contributed by atoms with Crippen LogP contribution >= 0.6 is 15.9 Å². The van der Waals surface area contributed by atoms with Gasteiger partial charge >= 0.3 is 0 Å². The van der Waals surface area contributed by atoms with Gasteiger partial charge < -0.3 is 10.3 Å². The van der Waals surface area contributed by atoms with Gasteiger partial charge in [0.15, 0.2) is 6.19 Å². The van der Waals surface area contributed by atoms with Gasteiger partial charge in [-0.1, -0.05) is 34.8 Å². The molecular weight excluding hydrogens is 384 g/mol. The van der Waals surface area contributed by atoms with Gasteiger partial charge in [0.1, 0.15) is 5.69 Å². The van der Waals surface area contributed by atoms with Crippen LogP contribution in [-0.4, -0.2) is 34.8 Å². The maximum Gasteiger partial charge on any atom is 0.267 e. The molecule has 3 rings (SSSR count). The van der Waals surface area contributed by atoms with E-state index in [4.69, 9.17) is 5.26 Å². The summed E-state index contributed by atoms with van der Waals surface area (Å²) in [5.41, 5.74) is 1.35. The number of carbonyl (C=O) groups is 2. The number of H-pyrrole nitrogens is 1. The van der Waals surface area contributed by atoms with Gasteiger partial charge in [-0.05, 0) is 31.0 Å². The van der Waals surface area contributed by atoms with Crippen LogP contribution in [0.15, 0.2) is 28.7 Å². The molecule has 1 aliphatic rings. The van der Waals surface area contributed by atoms with Gasteiger partial charge in [-0.25, -0.2) is 0 Å². The molecule has 2 atom stereocenters. The minimum Gasteiger partial charge on any atom is -0.350 e. The summed E-state index contributed by atoms with van der Waals surface area (Å²) >= 11 is 3.41. The zero-order valence-corrected chi connectivity index (χ0v) is 15.5. The van der Waals surface area contributed by atoms with Crippen molar-refractivity contribution >= 4 is 38.6 Å². The number of halogens is 1. The Bertz CT molecular complexity index is 854. The van der Waals surface area contributed by atoms with Crippen LogP contribution in [0, 0.1) is 17.4 Å². The first-order valence-corrected chi connectivity index (χ1v) is 9.05. The predicted octanol–water partition coefficient (Wildman–Crippen LogP) is 3.16. The minimum atomic E-state index is -0.346. The van der Waals surface area contributed by atoms with Crippen molar-refractivity contribution in [3.05, 3.63) is 34.4 Å². The van der Waals surface area contributed by atoms with Crippen molar-refractivity contribution in [3.63, 3.8) is 0 Å². The topological polar surface area (TPSA) is 89.0 Å². The molecule has 2 amide bonds. The van der Waals surface area contributed by atoms with E-state index < -0.39 is 0 Å². The molecule has 1 fully saturated rings. The summed E-state index contributed by atoms with van der Waals surface area (Å²) in [6.45, 7) is 0. The van der Waals surface area contributed by atoms with Crippen LogP contribution in [0.25, 0.3) is 10.9 Å². The monoisotopic (exact) mass is 402 g/mol. The lowest BCUT2D eigenvalue weighted by atomic mass is 9.83. The van der Waals surface area contributed by atoms with Crippen LogP contribution in [0.5, 0.6) is 0 Å². The van der Waals surface area contributed by atoms with E-state index in [-0.39, 0.29) is 23.8 Å². The third-order valence-electron chi connectivity index (χ3n) is 4.71. The van der Waals surface area contributed by atoms with Crippen molar-refractivity contribution in [1.82, 2.24) is 15.2 Å². The lowest BCUT2D eigenvalue weighted by Crippen LogP contribution is -2.48. The molecule has 1 aliphatic carbocycles. The number of hydrogen-bond acceptors (Lipinski definition) is 3. The second-order valence-corrected chi connectivity index (χ2v) is 7.30. The lowest BCUT2D eigenvalue weighted by Gasteiger charge is -2.31. The summed E-state index contributed by atoms with van der Waals surface area (Å²) in [4.78, 5) is 29.2. The Hall–Kier alpha value is -2.33. The number of nitrogens with zero attached hydrogens (tertiary/aromatic N) is 2. The molecule has 2 aromatic rings. The first kappa shape index (κ1) is 17.5. The molecule has 1 aromatic heterocycles. The molecule has 1 saturated carbocycles. The molecule has 7 heteroatoms. The Labute approximate surface area is 154 Å². The quantitative estimate of drug-likeness (QED) is 0.610. The highest BCUT2D eigenvalue weighted by atomic mass is 79.9. The number of amides is 2. The SMILES string of the molecule is CN(C#N)C(=O)[C@@H]1CCCC[C@@H]1NC(=O)c1cc2ccc(Br)cc2[nH]1. The number of nitriles is 1. The molecule has 130 valence electrons. The highest BCUT2D eigenvalue weighted by Crippen LogP contribution is 2.27. The first-order chi connectivity index (χ1) is 12.0. The highest BCUT2D eigenvalue weighted by Gasteiger charge is 2.34. The first-order valence-electron chi connectivity index (χ1n) is 8.26. The molecule has 0 unspecified atom stereocenters. The summed E-state index contributed by atoms with van der Waals surface area (Å²) in [5, 5.41) is 12.9. The minimum absolute atomic E-state index is 0.225. The van der Waals surface area contributed by atoms with Crippen molar-refractivity contribution in [3.8, 4) is 6.19 Å². The fourth-order valence-corrected chi connectivity index (χ4v) is 3.73. The number of aromatic amines is 1. The van der Waals surface area contributed by atoms with E-state index in [1.165, 1.54) is 7.05 Å². The van der Waals surface area contributed by atoms with E-state index >= 15 is 0 Å². The third kappa shape index (κ3) is 3.69. The maximum absolute atomic E-state index is 12.6. The van der Waals surface area contributed by atoms with Crippen LogP contribution in [0.2, 0.25) is 0 Å². The number of nitrogens with one attached hydrogen (secondary N) is 2. The van der Waals surface area contributed by atoms with E-state index in [9.17, 15) is 9.59 Å². The van der Waals surface area contributed by atoms with Gasteiger partial charge in [0.2, 0.25) is 5.91 Å². The van der Waals surface area contributed by atoms with E-state index in [1.807, 2.05) is 24.4 Å². The van der Waals surface area contributed by atoms with Crippen molar-refractivity contribution in [2.24, 2.45) is 5.92 Å². The normalized spacial score (nSPS) is 20.0. The smallest absolute Gasteiger partial charge is 0.267 e. The van der Waals surface area contributed by atoms with Gasteiger partial charge in [0.25, 0.3) is 5.91 Å². The van der Waals surface area contributed by atoms with E-state index in [1.54, 1.807) is 6.07 Å². The number of aromatic nitrogens is 1. The fourth-order valence-electron chi connectivity index (χ4n) is 3.36. The van der Waals surface area contributed by atoms with Crippen molar-refractivity contribution in [2.45, 2.75) is 31.7 Å². The summed E-state index contributed by atoms with van der Waals surface area (Å²) in [6.07, 6.45) is 5.18. The summed E-state index contributed by atoms with van der Waals surface area (Å²) in [7, 11) is 1.46. The van der Waals surface area contributed by atoms with Crippen molar-refractivity contribution < 1.29 is 9.59 Å². The number of rotatable bonds is 3. The molecular formula is C18H19BrN4O2. The molecule has 25 heavy (non-hydrogen) atoms. The lowest BCUT2D eigenvalue weighted by molar-refractivity contribution is -0.133. The third-order valence-corrected chi connectivity index (χ3v) is 5.20. The molecule has 0 bridgehead atoms. The highest BCUT2D eigenvalue weighted by molar-refractivity contribution is 9.10. The van der Waals surface area contributed by atoms with E-state index in [2.05, 4.69) is 26.2 Å².